The van der Waals surface area contributed by atoms with Gasteiger partial charge < -0.3 is 5.32 Å². The second-order valence-corrected chi connectivity index (χ2v) is 4.21. The van der Waals surface area contributed by atoms with Crippen LogP contribution in [0, 0.1) is 11.3 Å². The zero-order valence-electron chi connectivity index (χ0n) is 6.98. The lowest BCUT2D eigenvalue weighted by Gasteiger charge is -2.28. The first-order chi connectivity index (χ1) is 4.73. The van der Waals surface area contributed by atoms with Crippen molar-refractivity contribution in [3.63, 3.8) is 0 Å². The van der Waals surface area contributed by atoms with Gasteiger partial charge in [-0.05, 0) is 44.1 Å². The van der Waals surface area contributed by atoms with E-state index in [1.54, 1.807) is 0 Å². The van der Waals surface area contributed by atoms with Crippen LogP contribution in [0.2, 0.25) is 0 Å². The minimum atomic E-state index is 0.653. The molecule has 1 heterocycles. The Hall–Kier alpha value is -0.0400. The SMILES string of the molecule is CC1NCCC1(C)C1CC1. The van der Waals surface area contributed by atoms with Crippen LogP contribution in [0.15, 0.2) is 0 Å². The van der Waals surface area contributed by atoms with Crippen LogP contribution in [0.5, 0.6) is 0 Å². The van der Waals surface area contributed by atoms with Crippen molar-refractivity contribution in [2.45, 2.75) is 39.2 Å². The Morgan fingerprint density at radius 1 is 1.40 bits per heavy atom. The Morgan fingerprint density at radius 2 is 2.10 bits per heavy atom. The highest BCUT2D eigenvalue weighted by atomic mass is 15.0. The van der Waals surface area contributed by atoms with Gasteiger partial charge in [0.15, 0.2) is 0 Å². The molecule has 0 aromatic carbocycles. The summed E-state index contributed by atoms with van der Waals surface area (Å²) in [5, 5.41) is 3.53. The molecule has 1 aliphatic carbocycles. The molecule has 58 valence electrons. The molecule has 10 heavy (non-hydrogen) atoms. The Labute approximate surface area is 63.2 Å². The normalized spacial score (nSPS) is 48.0. The van der Waals surface area contributed by atoms with Gasteiger partial charge in [0.1, 0.15) is 0 Å². The second-order valence-electron chi connectivity index (χ2n) is 4.21. The molecule has 2 atom stereocenters. The molecule has 0 aromatic rings. The predicted octanol–water partition coefficient (Wildman–Crippen LogP) is 1.78. The van der Waals surface area contributed by atoms with E-state index < -0.39 is 0 Å². The van der Waals surface area contributed by atoms with E-state index in [9.17, 15) is 0 Å². The molecule has 0 radical (unpaired) electrons. The van der Waals surface area contributed by atoms with Gasteiger partial charge in [-0.1, -0.05) is 6.92 Å². The maximum Gasteiger partial charge on any atom is 0.00956 e. The Morgan fingerprint density at radius 3 is 2.50 bits per heavy atom. The summed E-state index contributed by atoms with van der Waals surface area (Å²) in [7, 11) is 0. The maximum absolute atomic E-state index is 3.53. The molecule has 1 saturated heterocycles. The summed E-state index contributed by atoms with van der Waals surface area (Å²) in [6, 6.07) is 0.764. The van der Waals surface area contributed by atoms with E-state index in [-0.39, 0.29) is 0 Å². The molecule has 2 unspecified atom stereocenters. The zero-order chi connectivity index (χ0) is 7.19. The van der Waals surface area contributed by atoms with Crippen molar-refractivity contribution in [2.24, 2.45) is 11.3 Å². The van der Waals surface area contributed by atoms with Gasteiger partial charge in [-0.15, -0.1) is 0 Å². The molecule has 1 aliphatic heterocycles. The topological polar surface area (TPSA) is 12.0 Å². The largest absolute Gasteiger partial charge is 0.314 e. The monoisotopic (exact) mass is 139 g/mol. The fourth-order valence-corrected chi connectivity index (χ4v) is 2.31. The van der Waals surface area contributed by atoms with Crippen LogP contribution in [0.3, 0.4) is 0 Å². The lowest BCUT2D eigenvalue weighted by Crippen LogP contribution is -2.32. The molecular formula is C9H17N. The maximum atomic E-state index is 3.53. The van der Waals surface area contributed by atoms with E-state index in [0.29, 0.717) is 5.41 Å². The average Bonchev–Trinajstić information content (AvgIpc) is 2.65. The lowest BCUT2D eigenvalue weighted by atomic mass is 9.79. The highest BCUT2D eigenvalue weighted by molar-refractivity contribution is 5.00. The van der Waals surface area contributed by atoms with Gasteiger partial charge >= 0.3 is 0 Å². The Balaban J connectivity index is 2.10. The van der Waals surface area contributed by atoms with Crippen LogP contribution in [-0.4, -0.2) is 12.6 Å². The van der Waals surface area contributed by atoms with Crippen molar-refractivity contribution in [2.75, 3.05) is 6.54 Å². The second kappa shape index (κ2) is 1.97. The van der Waals surface area contributed by atoms with Gasteiger partial charge in [-0.3, -0.25) is 0 Å². The summed E-state index contributed by atoms with van der Waals surface area (Å²) in [4.78, 5) is 0. The van der Waals surface area contributed by atoms with E-state index in [2.05, 4.69) is 19.2 Å². The first-order valence-electron chi connectivity index (χ1n) is 4.47. The highest BCUT2D eigenvalue weighted by Gasteiger charge is 2.47. The van der Waals surface area contributed by atoms with E-state index in [1.807, 2.05) is 0 Å². The van der Waals surface area contributed by atoms with Gasteiger partial charge in [0, 0.05) is 6.04 Å². The fourth-order valence-electron chi connectivity index (χ4n) is 2.31. The summed E-state index contributed by atoms with van der Waals surface area (Å²) in [5.41, 5.74) is 0.653. The van der Waals surface area contributed by atoms with Gasteiger partial charge in [-0.2, -0.15) is 0 Å². The Bertz CT molecular complexity index is 140. The molecule has 1 nitrogen and oxygen atoms in total. The summed E-state index contributed by atoms with van der Waals surface area (Å²) in [6.45, 7) is 6.04. The first kappa shape index (κ1) is 6.66. The summed E-state index contributed by atoms with van der Waals surface area (Å²) in [6.07, 6.45) is 4.38. The molecular weight excluding hydrogens is 122 g/mol. The van der Waals surface area contributed by atoms with Gasteiger partial charge in [-0.25, -0.2) is 0 Å². The zero-order valence-corrected chi connectivity index (χ0v) is 6.98. The molecule has 0 amide bonds. The van der Waals surface area contributed by atoms with E-state index in [0.717, 1.165) is 12.0 Å². The standard InChI is InChI=1S/C9H17N/c1-7-9(2,5-6-10-7)8-3-4-8/h7-8,10H,3-6H2,1-2H3. The minimum absolute atomic E-state index is 0.653. The van der Waals surface area contributed by atoms with Crippen LogP contribution >= 0.6 is 0 Å². The number of rotatable bonds is 1. The van der Waals surface area contributed by atoms with Crippen molar-refractivity contribution in [1.82, 2.24) is 5.32 Å². The van der Waals surface area contributed by atoms with E-state index >= 15 is 0 Å². The van der Waals surface area contributed by atoms with Gasteiger partial charge in [0.2, 0.25) is 0 Å². The predicted molar refractivity (Wildman–Crippen MR) is 42.9 cm³/mol. The van der Waals surface area contributed by atoms with Crippen LogP contribution in [0.1, 0.15) is 33.1 Å². The molecule has 0 aromatic heterocycles. The summed E-state index contributed by atoms with van der Waals surface area (Å²) < 4.78 is 0. The number of hydrogen-bond acceptors (Lipinski definition) is 1. The molecule has 2 aliphatic rings. The van der Waals surface area contributed by atoms with Crippen LogP contribution in [-0.2, 0) is 0 Å². The summed E-state index contributed by atoms with van der Waals surface area (Å²) in [5.74, 6) is 1.05. The van der Waals surface area contributed by atoms with Crippen molar-refractivity contribution in [3.05, 3.63) is 0 Å². The molecule has 2 rings (SSSR count). The minimum Gasteiger partial charge on any atom is -0.314 e. The molecule has 0 bridgehead atoms. The van der Waals surface area contributed by atoms with Gasteiger partial charge in [0.25, 0.3) is 0 Å². The van der Waals surface area contributed by atoms with E-state index in [4.69, 9.17) is 0 Å². The fraction of sp³-hybridized carbons (Fsp3) is 1.00. The quantitative estimate of drug-likeness (QED) is 0.584. The van der Waals surface area contributed by atoms with E-state index in [1.165, 1.54) is 25.8 Å². The molecule has 2 fully saturated rings. The smallest absolute Gasteiger partial charge is 0.00956 e. The number of hydrogen-bond donors (Lipinski definition) is 1. The van der Waals surface area contributed by atoms with Crippen molar-refractivity contribution in [3.8, 4) is 0 Å². The van der Waals surface area contributed by atoms with Gasteiger partial charge in [0.05, 0.1) is 0 Å². The van der Waals surface area contributed by atoms with Crippen molar-refractivity contribution < 1.29 is 0 Å². The first-order valence-corrected chi connectivity index (χ1v) is 4.47. The lowest BCUT2D eigenvalue weighted by molar-refractivity contribution is 0.248. The van der Waals surface area contributed by atoms with Crippen LogP contribution in [0.4, 0.5) is 0 Å². The van der Waals surface area contributed by atoms with Crippen molar-refractivity contribution >= 4 is 0 Å². The third-order valence-electron chi connectivity index (χ3n) is 3.61. The molecule has 1 N–H and O–H groups in total. The number of nitrogens with one attached hydrogen (secondary N) is 1. The van der Waals surface area contributed by atoms with Crippen molar-refractivity contribution in [1.29, 1.82) is 0 Å². The van der Waals surface area contributed by atoms with Crippen LogP contribution in [0.25, 0.3) is 0 Å². The average molecular weight is 139 g/mol. The highest BCUT2D eigenvalue weighted by Crippen LogP contribution is 2.51. The summed E-state index contributed by atoms with van der Waals surface area (Å²) >= 11 is 0. The molecule has 1 heteroatoms. The molecule has 0 spiro atoms. The third-order valence-corrected chi connectivity index (χ3v) is 3.61. The molecule has 1 saturated carbocycles. The van der Waals surface area contributed by atoms with Crippen LogP contribution < -0.4 is 5.32 Å². The third kappa shape index (κ3) is 0.800. The Kier molecular flexibility index (Phi) is 1.31.